The molecule has 5 heteroatoms. The van der Waals surface area contributed by atoms with E-state index in [2.05, 4.69) is 84.9 Å². The van der Waals surface area contributed by atoms with Crippen molar-refractivity contribution in [1.82, 2.24) is 15.0 Å². The summed E-state index contributed by atoms with van der Waals surface area (Å²) in [5.74, 6) is 1.74. The maximum absolute atomic E-state index is 9.19. The first-order chi connectivity index (χ1) is 24.2. The van der Waals surface area contributed by atoms with E-state index in [1.54, 1.807) is 0 Å². The van der Waals surface area contributed by atoms with Crippen LogP contribution < -0.4 is 0 Å². The normalized spacial score (nSPS) is 11.2. The van der Waals surface area contributed by atoms with Gasteiger partial charge in [0.25, 0.3) is 0 Å². The van der Waals surface area contributed by atoms with Gasteiger partial charge in [-0.15, -0.1) is 0 Å². The average Bonchev–Trinajstić information content (AvgIpc) is 3.56. The Morgan fingerprint density at radius 3 is 1.84 bits per heavy atom. The lowest BCUT2D eigenvalue weighted by Gasteiger charge is -2.11. The first-order valence-electron chi connectivity index (χ1n) is 16.1. The molecule has 0 radical (unpaired) electrons. The summed E-state index contributed by atoms with van der Waals surface area (Å²) in [6.45, 7) is 0. The monoisotopic (exact) mass is 626 g/mol. The molecule has 0 amide bonds. The minimum atomic E-state index is 0.565. The molecule has 0 unspecified atom stereocenters. The van der Waals surface area contributed by atoms with E-state index in [0.29, 0.717) is 23.0 Å². The summed E-state index contributed by atoms with van der Waals surface area (Å²) in [5, 5.41) is 13.5. The van der Waals surface area contributed by atoms with Crippen molar-refractivity contribution in [2.75, 3.05) is 0 Å². The molecule has 0 atom stereocenters. The van der Waals surface area contributed by atoms with Gasteiger partial charge in [0, 0.05) is 27.5 Å². The number of fused-ring (bicyclic) bond motifs is 4. The van der Waals surface area contributed by atoms with Crippen molar-refractivity contribution in [1.29, 1.82) is 5.26 Å². The van der Waals surface area contributed by atoms with Crippen LogP contribution in [0, 0.1) is 11.3 Å². The third-order valence-electron chi connectivity index (χ3n) is 9.00. The van der Waals surface area contributed by atoms with Crippen molar-refractivity contribution in [3.05, 3.63) is 163 Å². The zero-order chi connectivity index (χ0) is 32.7. The summed E-state index contributed by atoms with van der Waals surface area (Å²) in [7, 11) is 0. The van der Waals surface area contributed by atoms with Crippen LogP contribution in [-0.4, -0.2) is 15.0 Å². The molecule has 9 rings (SSSR count). The molecule has 0 bridgehead atoms. The van der Waals surface area contributed by atoms with Crippen LogP contribution in [0.1, 0.15) is 5.56 Å². The number of furan rings is 1. The minimum Gasteiger partial charge on any atom is -0.456 e. The van der Waals surface area contributed by atoms with Gasteiger partial charge in [-0.25, -0.2) is 15.0 Å². The number of rotatable bonds is 5. The molecule has 0 aliphatic rings. The molecule has 0 spiro atoms. The van der Waals surface area contributed by atoms with Gasteiger partial charge in [-0.05, 0) is 63.4 Å². The van der Waals surface area contributed by atoms with Crippen LogP contribution in [0.2, 0.25) is 0 Å². The number of hydrogen-bond acceptors (Lipinski definition) is 5. The topological polar surface area (TPSA) is 75.6 Å². The summed E-state index contributed by atoms with van der Waals surface area (Å²) in [6.07, 6.45) is 0. The highest BCUT2D eigenvalue weighted by atomic mass is 16.3. The number of nitriles is 1. The molecule has 7 aromatic carbocycles. The average molecular weight is 627 g/mol. The highest BCUT2D eigenvalue weighted by molar-refractivity contribution is 6.13. The maximum Gasteiger partial charge on any atom is 0.164 e. The molecule has 9 aromatic rings. The summed E-state index contributed by atoms with van der Waals surface area (Å²) in [5.41, 5.74) is 9.26. The Hall–Kier alpha value is -6.90. The first kappa shape index (κ1) is 28.3. The van der Waals surface area contributed by atoms with Crippen molar-refractivity contribution >= 4 is 32.7 Å². The van der Waals surface area contributed by atoms with E-state index >= 15 is 0 Å². The van der Waals surface area contributed by atoms with E-state index in [0.717, 1.165) is 71.7 Å². The molecule has 2 heterocycles. The molecule has 2 aromatic heterocycles. The Labute approximate surface area is 282 Å². The van der Waals surface area contributed by atoms with E-state index in [9.17, 15) is 5.26 Å². The lowest BCUT2D eigenvalue weighted by atomic mass is 9.99. The van der Waals surface area contributed by atoms with Gasteiger partial charge in [-0.3, -0.25) is 0 Å². The lowest BCUT2D eigenvalue weighted by molar-refractivity contribution is 0.669. The summed E-state index contributed by atoms with van der Waals surface area (Å²) in [4.78, 5) is 15.1. The Morgan fingerprint density at radius 1 is 0.429 bits per heavy atom. The molecule has 228 valence electrons. The Bertz CT molecular complexity index is 2700. The molecular weight excluding hydrogens is 601 g/mol. The molecule has 0 aliphatic carbocycles. The van der Waals surface area contributed by atoms with Gasteiger partial charge in [-0.2, -0.15) is 5.26 Å². The van der Waals surface area contributed by atoms with Gasteiger partial charge in [0.15, 0.2) is 17.5 Å². The van der Waals surface area contributed by atoms with Gasteiger partial charge >= 0.3 is 0 Å². The van der Waals surface area contributed by atoms with Crippen LogP contribution in [0.5, 0.6) is 0 Å². The largest absolute Gasteiger partial charge is 0.456 e. The second-order valence-corrected chi connectivity index (χ2v) is 12.0. The quantitative estimate of drug-likeness (QED) is 0.190. The van der Waals surface area contributed by atoms with Crippen LogP contribution in [0.4, 0.5) is 0 Å². The van der Waals surface area contributed by atoms with Gasteiger partial charge in [0.1, 0.15) is 11.2 Å². The predicted octanol–water partition coefficient (Wildman–Crippen LogP) is 11.1. The molecule has 0 fully saturated rings. The number of hydrogen-bond donors (Lipinski definition) is 0. The van der Waals surface area contributed by atoms with E-state index in [-0.39, 0.29) is 0 Å². The summed E-state index contributed by atoms with van der Waals surface area (Å²) >= 11 is 0. The molecule has 5 nitrogen and oxygen atoms in total. The van der Waals surface area contributed by atoms with E-state index in [4.69, 9.17) is 19.4 Å². The number of aromatic nitrogens is 3. The second-order valence-electron chi connectivity index (χ2n) is 12.0. The molecular formula is C44H26N4O. The lowest BCUT2D eigenvalue weighted by Crippen LogP contribution is -2.00. The Balaban J connectivity index is 1.19. The van der Waals surface area contributed by atoms with E-state index in [1.807, 2.05) is 78.9 Å². The molecule has 0 N–H and O–H groups in total. The smallest absolute Gasteiger partial charge is 0.164 e. The Kier molecular flexibility index (Phi) is 6.78. The number of nitrogens with zero attached hydrogens (tertiary/aromatic N) is 4. The maximum atomic E-state index is 9.19. The van der Waals surface area contributed by atoms with Gasteiger partial charge < -0.3 is 4.42 Å². The van der Waals surface area contributed by atoms with Crippen molar-refractivity contribution in [3.63, 3.8) is 0 Å². The fraction of sp³-hybridized carbons (Fsp3) is 0. The highest BCUT2D eigenvalue weighted by Gasteiger charge is 2.17. The molecule has 0 saturated carbocycles. The standard InChI is InChI=1S/C44H26N4O/c45-27-28-16-18-29(19-17-28)30-20-22-33(23-21-30)42-46-43(48-44(47-42)37-14-6-11-31-10-4-5-12-35(31)37)34-24-25-38-40(26-34)49-39-15-7-13-36(41(38)39)32-8-2-1-3-9-32/h1-26H. The van der Waals surface area contributed by atoms with Crippen LogP contribution >= 0.6 is 0 Å². The third kappa shape index (κ3) is 5.09. The van der Waals surface area contributed by atoms with Crippen molar-refractivity contribution in [2.24, 2.45) is 0 Å². The minimum absolute atomic E-state index is 0.565. The molecule has 49 heavy (non-hydrogen) atoms. The summed E-state index contributed by atoms with van der Waals surface area (Å²) < 4.78 is 6.44. The molecule has 0 aliphatic heterocycles. The third-order valence-corrected chi connectivity index (χ3v) is 9.00. The number of benzene rings is 7. The summed E-state index contributed by atoms with van der Waals surface area (Å²) in [6, 6.07) is 55.2. The zero-order valence-electron chi connectivity index (χ0n) is 26.2. The van der Waals surface area contributed by atoms with E-state index < -0.39 is 0 Å². The highest BCUT2D eigenvalue weighted by Crippen LogP contribution is 2.38. The van der Waals surface area contributed by atoms with Crippen LogP contribution in [0.25, 0.3) is 89.1 Å². The first-order valence-corrected chi connectivity index (χ1v) is 16.1. The Morgan fingerprint density at radius 2 is 1.04 bits per heavy atom. The SMILES string of the molecule is N#Cc1ccc(-c2ccc(-c3nc(-c4ccc5c(c4)oc4cccc(-c6ccccc6)c45)nc(-c4cccc5ccccc45)n3)cc2)cc1. The van der Waals surface area contributed by atoms with E-state index in [1.165, 1.54) is 0 Å². The van der Waals surface area contributed by atoms with Gasteiger partial charge in [-0.1, -0.05) is 127 Å². The van der Waals surface area contributed by atoms with Crippen molar-refractivity contribution in [2.45, 2.75) is 0 Å². The van der Waals surface area contributed by atoms with Gasteiger partial charge in [0.2, 0.25) is 0 Å². The van der Waals surface area contributed by atoms with Crippen LogP contribution in [0.15, 0.2) is 162 Å². The van der Waals surface area contributed by atoms with Gasteiger partial charge in [0.05, 0.1) is 11.6 Å². The van der Waals surface area contributed by atoms with Crippen molar-refractivity contribution < 1.29 is 4.42 Å². The fourth-order valence-electron chi connectivity index (χ4n) is 6.55. The van der Waals surface area contributed by atoms with Crippen LogP contribution in [0.3, 0.4) is 0 Å². The predicted molar refractivity (Wildman–Crippen MR) is 197 cm³/mol. The zero-order valence-corrected chi connectivity index (χ0v) is 26.2. The molecule has 0 saturated heterocycles. The fourth-order valence-corrected chi connectivity index (χ4v) is 6.55. The van der Waals surface area contributed by atoms with Crippen molar-refractivity contribution in [3.8, 4) is 62.5 Å². The van der Waals surface area contributed by atoms with Crippen LogP contribution in [-0.2, 0) is 0 Å². The second kappa shape index (κ2) is 11.7.